The molecule has 2 aromatic rings. The lowest BCUT2D eigenvalue weighted by molar-refractivity contribution is -0.143. The lowest BCUT2D eigenvalue weighted by Crippen LogP contribution is -2.24. The van der Waals surface area contributed by atoms with Gasteiger partial charge in [-0.3, -0.25) is 0 Å². The van der Waals surface area contributed by atoms with Gasteiger partial charge in [0.25, 0.3) is 0 Å². The minimum Gasteiger partial charge on any atom is -0.493 e. The Kier molecular flexibility index (Phi) is 13.8. The van der Waals surface area contributed by atoms with Gasteiger partial charge in [0.1, 0.15) is 17.2 Å². The van der Waals surface area contributed by atoms with E-state index in [1.165, 1.54) is 51.9 Å². The third-order valence-electron chi connectivity index (χ3n) is 6.23. The number of benzene rings is 2. The molecule has 202 valence electrons. The zero-order chi connectivity index (χ0) is 26.9. The molecule has 0 saturated carbocycles. The van der Waals surface area contributed by atoms with E-state index in [2.05, 4.69) is 22.4 Å². The summed E-state index contributed by atoms with van der Waals surface area (Å²) < 4.78 is 5.74. The van der Waals surface area contributed by atoms with E-state index in [1.807, 2.05) is 31.2 Å². The van der Waals surface area contributed by atoms with Crippen LogP contribution in [0, 0.1) is 0 Å². The Morgan fingerprint density at radius 1 is 0.811 bits per heavy atom. The molecule has 0 aromatic heterocycles. The van der Waals surface area contributed by atoms with Crippen LogP contribution in [-0.4, -0.2) is 40.1 Å². The molecule has 0 fully saturated rings. The molecule has 8 nitrogen and oxygen atoms in total. The fourth-order valence-electron chi connectivity index (χ4n) is 4.22. The Balaban J connectivity index is 2.09. The number of rotatable bonds is 17. The third-order valence-corrected chi connectivity index (χ3v) is 6.23. The summed E-state index contributed by atoms with van der Waals surface area (Å²) in [6.07, 6.45) is 12.0. The molecule has 37 heavy (non-hydrogen) atoms. The Bertz CT molecular complexity index is 1080. The first-order chi connectivity index (χ1) is 18.1. The van der Waals surface area contributed by atoms with Crippen molar-refractivity contribution >= 4 is 33.9 Å². The van der Waals surface area contributed by atoms with Gasteiger partial charge in [0.05, 0.1) is 6.61 Å². The van der Waals surface area contributed by atoms with Gasteiger partial charge in [0, 0.05) is 17.4 Å². The molecule has 0 amide bonds. The number of unbranched alkanes of at least 4 members (excludes halogenated alkanes) is 9. The van der Waals surface area contributed by atoms with Gasteiger partial charge < -0.3 is 20.0 Å². The highest BCUT2D eigenvalue weighted by Gasteiger charge is 2.21. The first-order valence-electron chi connectivity index (χ1n) is 13.4. The van der Waals surface area contributed by atoms with E-state index in [4.69, 9.17) is 9.57 Å². The van der Waals surface area contributed by atoms with E-state index in [0.29, 0.717) is 17.9 Å². The summed E-state index contributed by atoms with van der Waals surface area (Å²) in [6, 6.07) is 11.1. The summed E-state index contributed by atoms with van der Waals surface area (Å²) in [7, 11) is 0. The summed E-state index contributed by atoms with van der Waals surface area (Å²) in [5, 5.41) is 31.1. The van der Waals surface area contributed by atoms with Gasteiger partial charge in [-0.2, -0.15) is 0 Å². The van der Waals surface area contributed by atoms with Crippen LogP contribution in [0.4, 0.5) is 0 Å². The number of hydrogen-bond donors (Lipinski definition) is 2. The van der Waals surface area contributed by atoms with Gasteiger partial charge in [0.15, 0.2) is 5.71 Å². The average Bonchev–Trinajstić information content (AvgIpc) is 2.92. The zero-order valence-corrected chi connectivity index (χ0v) is 22.4. The van der Waals surface area contributed by atoms with Gasteiger partial charge in [-0.15, -0.1) is 0 Å². The molecule has 0 spiro atoms. The van der Waals surface area contributed by atoms with Crippen LogP contribution in [0.15, 0.2) is 51.9 Å². The maximum atomic E-state index is 12.4. The van der Waals surface area contributed by atoms with Gasteiger partial charge in [-0.1, -0.05) is 104 Å². The van der Waals surface area contributed by atoms with Gasteiger partial charge in [0.2, 0.25) is 0 Å². The maximum Gasteiger partial charge on any atom is 0.335 e. The third kappa shape index (κ3) is 9.52. The predicted molar refractivity (Wildman–Crippen MR) is 148 cm³/mol. The van der Waals surface area contributed by atoms with Crippen molar-refractivity contribution in [2.24, 2.45) is 15.5 Å². The largest absolute Gasteiger partial charge is 0.493 e. The molecule has 0 aliphatic heterocycles. The van der Waals surface area contributed by atoms with Crippen molar-refractivity contribution in [3.8, 4) is 5.75 Å². The highest BCUT2D eigenvalue weighted by molar-refractivity contribution is 6.71. The van der Waals surface area contributed by atoms with E-state index in [1.54, 1.807) is 12.1 Å². The second-order valence-corrected chi connectivity index (χ2v) is 9.06. The standard InChI is InChI=1S/C29H41N3O5/c1-4-6-7-8-9-10-11-12-13-14-19-27(33)37-32-29(28(31-35)22(3)30-34)25-20-21-26(36-5-2)24-18-16-15-17-23(24)25/h15-18,20-21,34-35H,4-14,19H2,1-3H3/b30-22+,31-28+,32-29+. The van der Waals surface area contributed by atoms with Crippen LogP contribution in [0.25, 0.3) is 10.8 Å². The fraction of sp³-hybridized carbons (Fsp3) is 0.517. The van der Waals surface area contributed by atoms with E-state index in [0.717, 1.165) is 30.0 Å². The highest BCUT2D eigenvalue weighted by Crippen LogP contribution is 2.29. The van der Waals surface area contributed by atoms with E-state index in [9.17, 15) is 15.2 Å². The van der Waals surface area contributed by atoms with Crippen LogP contribution in [0.5, 0.6) is 5.75 Å². The lowest BCUT2D eigenvalue weighted by atomic mass is 9.96. The minimum atomic E-state index is -0.469. The van der Waals surface area contributed by atoms with E-state index in [-0.39, 0.29) is 23.6 Å². The molecule has 0 radical (unpaired) electrons. The molecule has 2 aromatic carbocycles. The molecule has 0 atom stereocenters. The van der Waals surface area contributed by atoms with Crippen molar-refractivity contribution in [1.82, 2.24) is 0 Å². The zero-order valence-electron chi connectivity index (χ0n) is 22.4. The number of ether oxygens (including phenoxy) is 1. The number of fused-ring (bicyclic) bond motifs is 1. The molecule has 2 N–H and O–H groups in total. The molecule has 0 heterocycles. The van der Waals surface area contributed by atoms with Crippen LogP contribution in [0.3, 0.4) is 0 Å². The Morgan fingerprint density at radius 2 is 1.43 bits per heavy atom. The average molecular weight is 512 g/mol. The van der Waals surface area contributed by atoms with Crippen LogP contribution in [-0.2, 0) is 9.63 Å². The first kappa shape index (κ1) is 29.8. The number of nitrogens with zero attached hydrogens (tertiary/aromatic N) is 3. The molecule has 0 saturated heterocycles. The first-order valence-corrected chi connectivity index (χ1v) is 13.4. The molecule has 0 aliphatic rings. The normalized spacial score (nSPS) is 12.7. The summed E-state index contributed by atoms with van der Waals surface area (Å²) >= 11 is 0. The van der Waals surface area contributed by atoms with Crippen molar-refractivity contribution in [3.05, 3.63) is 42.0 Å². The van der Waals surface area contributed by atoms with Crippen molar-refractivity contribution in [3.63, 3.8) is 0 Å². The van der Waals surface area contributed by atoms with Crippen molar-refractivity contribution in [1.29, 1.82) is 0 Å². The fourth-order valence-corrected chi connectivity index (χ4v) is 4.22. The highest BCUT2D eigenvalue weighted by atomic mass is 16.7. The Hall–Kier alpha value is -3.42. The second-order valence-electron chi connectivity index (χ2n) is 9.06. The van der Waals surface area contributed by atoms with Crippen LogP contribution in [0.1, 0.15) is 97.0 Å². The van der Waals surface area contributed by atoms with Gasteiger partial charge in [-0.25, -0.2) is 4.79 Å². The SMILES string of the molecule is CCCCCCCCCCCCC(=O)O/N=C(C(=N/O)/C(C)=N/O)\c1ccc(OCC)c2ccccc12. The van der Waals surface area contributed by atoms with Gasteiger partial charge >= 0.3 is 5.97 Å². The van der Waals surface area contributed by atoms with Crippen molar-refractivity contribution < 1.29 is 24.8 Å². The molecule has 0 aliphatic carbocycles. The quantitative estimate of drug-likeness (QED) is 0.0751. The molecule has 8 heteroatoms. The lowest BCUT2D eigenvalue weighted by Gasteiger charge is -2.13. The van der Waals surface area contributed by atoms with Crippen molar-refractivity contribution in [2.75, 3.05) is 6.61 Å². The molecule has 0 bridgehead atoms. The second kappa shape index (κ2) is 17.1. The predicted octanol–water partition coefficient (Wildman–Crippen LogP) is 7.48. The monoisotopic (exact) mass is 511 g/mol. The number of carbonyl (C=O) groups excluding carboxylic acids is 1. The van der Waals surface area contributed by atoms with Crippen LogP contribution in [0.2, 0.25) is 0 Å². The number of oxime groups is 3. The molecule has 0 unspecified atom stereocenters. The minimum absolute atomic E-state index is 0.0185. The summed E-state index contributed by atoms with van der Waals surface area (Å²) in [6.45, 7) is 6.09. The van der Waals surface area contributed by atoms with E-state index >= 15 is 0 Å². The molecular weight excluding hydrogens is 470 g/mol. The summed E-state index contributed by atoms with van der Waals surface area (Å²) in [4.78, 5) is 17.7. The van der Waals surface area contributed by atoms with E-state index < -0.39 is 5.97 Å². The smallest absolute Gasteiger partial charge is 0.335 e. The summed E-state index contributed by atoms with van der Waals surface area (Å²) in [5.41, 5.74) is 0.531. The van der Waals surface area contributed by atoms with Crippen molar-refractivity contribution in [2.45, 2.75) is 91.4 Å². The molecule has 2 rings (SSSR count). The maximum absolute atomic E-state index is 12.4. The van der Waals surface area contributed by atoms with Crippen LogP contribution >= 0.6 is 0 Å². The number of carbonyl (C=O) groups is 1. The Morgan fingerprint density at radius 3 is 2.03 bits per heavy atom. The van der Waals surface area contributed by atoms with Gasteiger partial charge in [-0.05, 0) is 37.8 Å². The van der Waals surface area contributed by atoms with Crippen LogP contribution < -0.4 is 4.74 Å². The summed E-state index contributed by atoms with van der Waals surface area (Å²) in [5.74, 6) is 0.220. The Labute approximate surface area is 220 Å². The molecular formula is C29H41N3O5. The topological polar surface area (TPSA) is 113 Å². The number of hydrogen-bond acceptors (Lipinski definition) is 8.